The molecule has 0 aromatic heterocycles. The van der Waals surface area contributed by atoms with E-state index in [0.717, 1.165) is 12.7 Å². The maximum Gasteiger partial charge on any atom is 0.460 e. The number of carbonyl (C=O) groups excluding carboxylic acids is 1. The van der Waals surface area contributed by atoms with Crippen LogP contribution in [0, 0.1) is 17.8 Å². The van der Waals surface area contributed by atoms with Gasteiger partial charge in [-0.1, -0.05) is 57.2 Å². The summed E-state index contributed by atoms with van der Waals surface area (Å²) in [6, 6.07) is 5.68. The zero-order valence-corrected chi connectivity index (χ0v) is 25.9. The average molecular weight is 705 g/mol. The van der Waals surface area contributed by atoms with Gasteiger partial charge in [-0.3, -0.25) is 0 Å². The van der Waals surface area contributed by atoms with Crippen molar-refractivity contribution in [2.75, 3.05) is 6.61 Å². The third kappa shape index (κ3) is 10.6. The molecule has 0 bridgehead atoms. The number of halogens is 13. The third-order valence-electron chi connectivity index (χ3n) is 7.23. The second kappa shape index (κ2) is 16.6. The molecular formula is C31H37F13O3. The molecule has 16 heteroatoms. The summed E-state index contributed by atoms with van der Waals surface area (Å²) in [5.74, 6) is -36.6. The molecule has 0 fully saturated rings. The van der Waals surface area contributed by atoms with Gasteiger partial charge in [0.2, 0.25) is 0 Å². The first-order chi connectivity index (χ1) is 21.4. The van der Waals surface area contributed by atoms with Crippen LogP contribution < -0.4 is 4.74 Å². The van der Waals surface area contributed by atoms with E-state index < -0.39 is 55.2 Å². The fraction of sp³-hybridized carbons (Fsp3) is 0.645. The summed E-state index contributed by atoms with van der Waals surface area (Å²) < 4.78 is 183. The molecule has 0 saturated heterocycles. The molecule has 270 valence electrons. The van der Waals surface area contributed by atoms with Crippen LogP contribution in [0.5, 0.6) is 5.75 Å². The lowest BCUT2D eigenvalue weighted by Crippen LogP contribution is -2.70. The molecule has 1 aromatic rings. The Morgan fingerprint density at radius 1 is 0.681 bits per heavy atom. The second-order valence-corrected chi connectivity index (χ2v) is 11.4. The van der Waals surface area contributed by atoms with Crippen LogP contribution in [-0.2, 0) is 16.1 Å². The van der Waals surface area contributed by atoms with Gasteiger partial charge in [0.25, 0.3) is 0 Å². The highest BCUT2D eigenvalue weighted by Gasteiger charge is 2.90. The monoisotopic (exact) mass is 704 g/mol. The molecule has 0 aliphatic heterocycles. The van der Waals surface area contributed by atoms with E-state index in [0.29, 0.717) is 12.0 Å². The topological polar surface area (TPSA) is 35.5 Å². The Kier molecular flexibility index (Phi) is 14.9. The molecular weight excluding hydrogens is 667 g/mol. The van der Waals surface area contributed by atoms with Gasteiger partial charge >= 0.3 is 35.8 Å². The summed E-state index contributed by atoms with van der Waals surface area (Å²) in [5.41, 5.74) is 0.647. The largest absolute Gasteiger partial charge is 0.494 e. The fourth-order valence-electron chi connectivity index (χ4n) is 3.83. The minimum atomic E-state index is -7.91. The zero-order chi connectivity index (χ0) is 36.5. The predicted molar refractivity (Wildman–Crippen MR) is 147 cm³/mol. The number of alkyl halides is 13. The molecule has 4 atom stereocenters. The van der Waals surface area contributed by atoms with Crippen molar-refractivity contribution in [1.82, 2.24) is 0 Å². The van der Waals surface area contributed by atoms with Gasteiger partial charge in [0.1, 0.15) is 12.0 Å². The second-order valence-electron chi connectivity index (χ2n) is 11.4. The predicted octanol–water partition coefficient (Wildman–Crippen LogP) is 10.5. The van der Waals surface area contributed by atoms with Gasteiger partial charge in [0.15, 0.2) is 0 Å². The van der Waals surface area contributed by atoms with Crippen LogP contribution in [0.4, 0.5) is 57.1 Å². The Morgan fingerprint density at radius 2 is 1.19 bits per heavy atom. The van der Waals surface area contributed by atoms with Crippen molar-refractivity contribution in [3.05, 3.63) is 54.1 Å². The lowest BCUT2D eigenvalue weighted by Gasteiger charge is -2.39. The summed E-state index contributed by atoms with van der Waals surface area (Å²) in [6.07, 6.45) is -0.741. The summed E-state index contributed by atoms with van der Waals surface area (Å²) in [5, 5.41) is 0. The van der Waals surface area contributed by atoms with E-state index in [1.807, 2.05) is 52.0 Å². The van der Waals surface area contributed by atoms with E-state index in [2.05, 4.69) is 0 Å². The molecule has 1 rings (SSSR count). The first-order valence-corrected chi connectivity index (χ1v) is 14.4. The third-order valence-corrected chi connectivity index (χ3v) is 7.23. The standard InChI is InChI=1S/C31H37F13O3/c1-20(8-5-10-21(2)18-45)9-6-11-22(3)23(4)47-19-24-12-14-25(15-13-24)46-17-7-16-26(32,33)27(34,35)28(36,37)29(38,39)30(40,41)31(42,43)44/h5-6,8,11-15,18,20-23H,7,9-10,16-17,19H2,1-4H3/b8-5+,11-6+/t20-,21+,22+,23-/m1/s1. The van der Waals surface area contributed by atoms with E-state index >= 15 is 0 Å². The molecule has 0 N–H and O–H groups in total. The van der Waals surface area contributed by atoms with Crippen LogP contribution in [0.3, 0.4) is 0 Å². The summed E-state index contributed by atoms with van der Waals surface area (Å²) in [7, 11) is 0. The molecule has 0 aliphatic carbocycles. The number of allylic oxidation sites excluding steroid dienone is 3. The van der Waals surface area contributed by atoms with Crippen molar-refractivity contribution < 1.29 is 71.3 Å². The van der Waals surface area contributed by atoms with Crippen molar-refractivity contribution in [3.8, 4) is 5.75 Å². The Bertz CT molecular complexity index is 1160. The quantitative estimate of drug-likeness (QED) is 0.0587. The van der Waals surface area contributed by atoms with Crippen LogP contribution in [0.1, 0.15) is 58.9 Å². The fourth-order valence-corrected chi connectivity index (χ4v) is 3.83. The Hall–Kier alpha value is -2.78. The number of hydrogen-bond acceptors (Lipinski definition) is 3. The van der Waals surface area contributed by atoms with Crippen molar-refractivity contribution in [2.24, 2.45) is 17.8 Å². The first-order valence-electron chi connectivity index (χ1n) is 14.4. The number of carbonyl (C=O) groups is 1. The van der Waals surface area contributed by atoms with E-state index in [-0.39, 0.29) is 36.2 Å². The number of aldehydes is 1. The lowest BCUT2D eigenvalue weighted by molar-refractivity contribution is -0.440. The molecule has 1 aromatic carbocycles. The van der Waals surface area contributed by atoms with E-state index in [1.165, 1.54) is 24.3 Å². The summed E-state index contributed by atoms with van der Waals surface area (Å²) in [4.78, 5) is 10.7. The minimum absolute atomic E-state index is 0.00125. The Balaban J connectivity index is 2.63. The highest BCUT2D eigenvalue weighted by molar-refractivity contribution is 5.52. The lowest BCUT2D eigenvalue weighted by atomic mass is 9.92. The average Bonchev–Trinajstić information content (AvgIpc) is 2.97. The van der Waals surface area contributed by atoms with Crippen LogP contribution in [-0.4, -0.2) is 54.8 Å². The molecule has 0 spiro atoms. The van der Waals surface area contributed by atoms with E-state index in [9.17, 15) is 61.9 Å². The summed E-state index contributed by atoms with van der Waals surface area (Å²) >= 11 is 0. The normalized spacial score (nSPS) is 16.8. The van der Waals surface area contributed by atoms with Crippen LogP contribution in [0.15, 0.2) is 48.6 Å². The Labute approximate surface area is 264 Å². The molecule has 47 heavy (non-hydrogen) atoms. The van der Waals surface area contributed by atoms with Gasteiger partial charge < -0.3 is 14.3 Å². The zero-order valence-electron chi connectivity index (χ0n) is 25.9. The maximum absolute atomic E-state index is 13.9. The maximum atomic E-state index is 13.9. The smallest absolute Gasteiger partial charge is 0.460 e. The van der Waals surface area contributed by atoms with Crippen molar-refractivity contribution in [3.63, 3.8) is 0 Å². The summed E-state index contributed by atoms with van der Waals surface area (Å²) in [6.45, 7) is 6.99. The minimum Gasteiger partial charge on any atom is -0.494 e. The highest BCUT2D eigenvalue weighted by Crippen LogP contribution is 2.60. The van der Waals surface area contributed by atoms with Crippen LogP contribution in [0.25, 0.3) is 0 Å². The number of ether oxygens (including phenoxy) is 2. The SMILES string of the molecule is C[C@H](C=O)C/C=C/[C@@H](C)C/C=C/[C@H](C)[C@@H](C)OCc1ccc(OCCCC(F)(F)C(F)(F)C(F)(F)C(F)(F)C(F)(F)C(F)(F)F)cc1. The molecule has 0 heterocycles. The van der Waals surface area contributed by atoms with Gasteiger partial charge in [-0.15, -0.1) is 0 Å². The van der Waals surface area contributed by atoms with Gasteiger partial charge in [0, 0.05) is 12.3 Å². The first kappa shape index (κ1) is 42.2. The van der Waals surface area contributed by atoms with Crippen molar-refractivity contribution in [2.45, 2.75) is 102 Å². The number of rotatable bonds is 20. The van der Waals surface area contributed by atoms with Gasteiger partial charge in [-0.05, 0) is 55.7 Å². The van der Waals surface area contributed by atoms with E-state index in [4.69, 9.17) is 9.47 Å². The molecule has 0 unspecified atom stereocenters. The Morgan fingerprint density at radius 3 is 1.72 bits per heavy atom. The van der Waals surface area contributed by atoms with Crippen LogP contribution >= 0.6 is 0 Å². The number of benzene rings is 1. The molecule has 0 saturated carbocycles. The van der Waals surface area contributed by atoms with Gasteiger partial charge in [0.05, 0.1) is 19.3 Å². The highest BCUT2D eigenvalue weighted by atomic mass is 19.4. The molecule has 0 amide bonds. The van der Waals surface area contributed by atoms with Crippen molar-refractivity contribution >= 4 is 6.29 Å². The number of hydrogen-bond donors (Lipinski definition) is 0. The van der Waals surface area contributed by atoms with Crippen LogP contribution in [0.2, 0.25) is 0 Å². The molecule has 3 nitrogen and oxygen atoms in total. The molecule has 0 aliphatic rings. The van der Waals surface area contributed by atoms with Gasteiger partial charge in [-0.2, -0.15) is 57.1 Å². The van der Waals surface area contributed by atoms with E-state index in [1.54, 1.807) is 0 Å². The van der Waals surface area contributed by atoms with Crippen molar-refractivity contribution in [1.29, 1.82) is 0 Å². The molecule has 0 radical (unpaired) electrons. The van der Waals surface area contributed by atoms with Gasteiger partial charge in [-0.25, -0.2) is 0 Å².